The minimum absolute atomic E-state index is 0.200. The maximum absolute atomic E-state index is 5.98. The molecule has 0 aliphatic carbocycles. The molecule has 0 amide bonds. The van der Waals surface area contributed by atoms with Crippen molar-refractivity contribution in [3.63, 3.8) is 0 Å². The molecule has 1 saturated heterocycles. The molecule has 0 aromatic heterocycles. The smallest absolute Gasteiger partial charge is 0.0896 e. The number of nitrogens with one attached hydrogen (secondary N) is 1. The molecule has 1 aromatic carbocycles. The average molecular weight is 278 g/mol. The quantitative estimate of drug-likeness (QED) is 0.860. The van der Waals surface area contributed by atoms with E-state index < -0.39 is 0 Å². The summed E-state index contributed by atoms with van der Waals surface area (Å²) in [5.41, 5.74) is 2.54. The third kappa shape index (κ3) is 3.58. The number of rotatable bonds is 6. The van der Waals surface area contributed by atoms with Gasteiger partial charge in [0.1, 0.15) is 0 Å². The summed E-state index contributed by atoms with van der Waals surface area (Å²) >= 11 is 0. The summed E-state index contributed by atoms with van der Waals surface area (Å²) in [7, 11) is 3.71. The van der Waals surface area contributed by atoms with Crippen molar-refractivity contribution >= 4 is 0 Å². The van der Waals surface area contributed by atoms with Crippen LogP contribution in [0.3, 0.4) is 0 Å². The summed E-state index contributed by atoms with van der Waals surface area (Å²) in [4.78, 5) is 2.50. The molecule has 2 unspecified atom stereocenters. The predicted molar refractivity (Wildman–Crippen MR) is 80.8 cm³/mol. The Morgan fingerprint density at radius 2 is 2.30 bits per heavy atom. The second kappa shape index (κ2) is 7.74. The summed E-state index contributed by atoms with van der Waals surface area (Å²) in [5.74, 6) is 0. The van der Waals surface area contributed by atoms with Crippen LogP contribution in [-0.2, 0) is 16.1 Å². The first kappa shape index (κ1) is 15.4. The molecule has 0 saturated carbocycles. The van der Waals surface area contributed by atoms with Crippen LogP contribution in [0.2, 0.25) is 0 Å². The molecule has 2 atom stereocenters. The number of hydrogen-bond donors (Lipinski definition) is 1. The fraction of sp³-hybridized carbons (Fsp3) is 0.625. The van der Waals surface area contributed by atoms with Gasteiger partial charge in [0.05, 0.1) is 25.4 Å². The number of nitrogens with zero attached hydrogens (tertiary/aromatic N) is 1. The number of methoxy groups -OCH3 is 1. The van der Waals surface area contributed by atoms with E-state index in [1.54, 1.807) is 7.11 Å². The largest absolute Gasteiger partial charge is 0.380 e. The Balaban J connectivity index is 2.25. The van der Waals surface area contributed by atoms with Crippen LogP contribution in [-0.4, -0.2) is 51.4 Å². The first-order valence-corrected chi connectivity index (χ1v) is 7.38. The van der Waals surface area contributed by atoms with Crippen molar-refractivity contribution in [2.75, 3.05) is 40.4 Å². The Morgan fingerprint density at radius 3 is 3.00 bits per heavy atom. The Morgan fingerprint density at radius 1 is 1.45 bits per heavy atom. The number of benzene rings is 1. The van der Waals surface area contributed by atoms with Gasteiger partial charge in [-0.25, -0.2) is 0 Å². The maximum atomic E-state index is 5.98. The topological polar surface area (TPSA) is 33.7 Å². The molecule has 1 aliphatic rings. The molecule has 0 radical (unpaired) electrons. The lowest BCUT2D eigenvalue weighted by Gasteiger charge is -2.41. The van der Waals surface area contributed by atoms with Crippen LogP contribution in [0.25, 0.3) is 0 Å². The second-order valence-corrected chi connectivity index (χ2v) is 5.22. The molecular weight excluding hydrogens is 252 g/mol. The van der Waals surface area contributed by atoms with Crippen molar-refractivity contribution in [2.24, 2.45) is 0 Å². The number of likely N-dealkylation sites (N-methyl/N-ethyl adjacent to an activating group) is 2. The van der Waals surface area contributed by atoms with E-state index in [4.69, 9.17) is 9.47 Å². The van der Waals surface area contributed by atoms with E-state index in [9.17, 15) is 0 Å². The number of ether oxygens (including phenoxy) is 2. The fourth-order valence-corrected chi connectivity index (χ4v) is 2.97. The van der Waals surface area contributed by atoms with Gasteiger partial charge in [0.2, 0.25) is 0 Å². The van der Waals surface area contributed by atoms with Gasteiger partial charge in [-0.15, -0.1) is 0 Å². The summed E-state index contributed by atoms with van der Waals surface area (Å²) in [6, 6.07) is 8.98. The van der Waals surface area contributed by atoms with E-state index in [2.05, 4.69) is 41.4 Å². The van der Waals surface area contributed by atoms with Crippen LogP contribution in [0.15, 0.2) is 24.3 Å². The molecule has 20 heavy (non-hydrogen) atoms. The van der Waals surface area contributed by atoms with Gasteiger partial charge < -0.3 is 14.8 Å². The van der Waals surface area contributed by atoms with E-state index in [0.717, 1.165) is 26.2 Å². The van der Waals surface area contributed by atoms with Gasteiger partial charge in [-0.05, 0) is 24.7 Å². The molecule has 4 heteroatoms. The average Bonchev–Trinajstić information content (AvgIpc) is 2.48. The minimum atomic E-state index is 0.200. The Hall–Kier alpha value is -0.940. The molecule has 0 spiro atoms. The molecular formula is C16H26N2O2. The maximum Gasteiger partial charge on any atom is 0.0896 e. The van der Waals surface area contributed by atoms with Crippen LogP contribution in [0.5, 0.6) is 0 Å². The number of hydrogen-bond acceptors (Lipinski definition) is 4. The van der Waals surface area contributed by atoms with Gasteiger partial charge in [0.15, 0.2) is 0 Å². The zero-order valence-electron chi connectivity index (χ0n) is 12.8. The van der Waals surface area contributed by atoms with E-state index in [1.807, 2.05) is 7.05 Å². The van der Waals surface area contributed by atoms with E-state index in [1.165, 1.54) is 11.1 Å². The SMILES string of the molecule is CCN1CCOC(CNC)C1c1cccc(COC)c1. The highest BCUT2D eigenvalue weighted by atomic mass is 16.5. The van der Waals surface area contributed by atoms with E-state index in [0.29, 0.717) is 12.6 Å². The summed E-state index contributed by atoms with van der Waals surface area (Å²) < 4.78 is 11.2. The standard InChI is InChI=1S/C16H26N2O2/c1-4-18-8-9-20-15(11-17-2)16(18)14-7-5-6-13(10-14)12-19-3/h5-7,10,15-17H,4,8-9,11-12H2,1-3H3. The molecule has 2 rings (SSSR count). The predicted octanol–water partition coefficient (Wildman–Crippen LogP) is 1.81. The lowest BCUT2D eigenvalue weighted by molar-refractivity contribution is -0.0687. The summed E-state index contributed by atoms with van der Waals surface area (Å²) in [6.45, 7) is 6.60. The Labute approximate surface area is 122 Å². The van der Waals surface area contributed by atoms with Crippen LogP contribution in [0, 0.1) is 0 Å². The van der Waals surface area contributed by atoms with Gasteiger partial charge in [-0.1, -0.05) is 31.2 Å². The lowest BCUT2D eigenvalue weighted by Crippen LogP contribution is -2.48. The van der Waals surface area contributed by atoms with Crippen LogP contribution < -0.4 is 5.32 Å². The van der Waals surface area contributed by atoms with Crippen LogP contribution in [0.1, 0.15) is 24.1 Å². The zero-order valence-corrected chi connectivity index (χ0v) is 12.8. The first-order valence-electron chi connectivity index (χ1n) is 7.38. The molecule has 1 N–H and O–H groups in total. The first-order chi connectivity index (χ1) is 9.80. The lowest BCUT2D eigenvalue weighted by atomic mass is 9.96. The second-order valence-electron chi connectivity index (χ2n) is 5.22. The third-order valence-electron chi connectivity index (χ3n) is 3.87. The third-order valence-corrected chi connectivity index (χ3v) is 3.87. The van der Waals surface area contributed by atoms with Crippen molar-refractivity contribution in [2.45, 2.75) is 25.7 Å². The van der Waals surface area contributed by atoms with Crippen molar-refractivity contribution in [1.29, 1.82) is 0 Å². The van der Waals surface area contributed by atoms with Gasteiger partial charge in [-0.2, -0.15) is 0 Å². The Kier molecular flexibility index (Phi) is 5.98. The Bertz CT molecular complexity index is 409. The zero-order chi connectivity index (χ0) is 14.4. The molecule has 4 nitrogen and oxygen atoms in total. The van der Waals surface area contributed by atoms with E-state index >= 15 is 0 Å². The number of morpholine rings is 1. The van der Waals surface area contributed by atoms with Gasteiger partial charge >= 0.3 is 0 Å². The van der Waals surface area contributed by atoms with Gasteiger partial charge in [-0.3, -0.25) is 4.90 Å². The van der Waals surface area contributed by atoms with Crippen molar-refractivity contribution < 1.29 is 9.47 Å². The molecule has 0 bridgehead atoms. The summed E-state index contributed by atoms with van der Waals surface area (Å²) in [6.07, 6.45) is 0.200. The highest BCUT2D eigenvalue weighted by Gasteiger charge is 2.32. The minimum Gasteiger partial charge on any atom is -0.380 e. The van der Waals surface area contributed by atoms with Gasteiger partial charge in [0.25, 0.3) is 0 Å². The molecule has 1 aliphatic heterocycles. The highest BCUT2D eigenvalue weighted by molar-refractivity contribution is 5.27. The van der Waals surface area contributed by atoms with Gasteiger partial charge in [0, 0.05) is 20.2 Å². The fourth-order valence-electron chi connectivity index (χ4n) is 2.97. The monoisotopic (exact) mass is 278 g/mol. The highest BCUT2D eigenvalue weighted by Crippen LogP contribution is 2.29. The molecule has 1 aromatic rings. The van der Waals surface area contributed by atoms with Crippen molar-refractivity contribution in [3.05, 3.63) is 35.4 Å². The molecule has 1 fully saturated rings. The van der Waals surface area contributed by atoms with Crippen LogP contribution in [0.4, 0.5) is 0 Å². The van der Waals surface area contributed by atoms with Crippen molar-refractivity contribution in [1.82, 2.24) is 10.2 Å². The summed E-state index contributed by atoms with van der Waals surface area (Å²) in [5, 5.41) is 3.25. The normalized spacial score (nSPS) is 23.9. The molecule has 1 heterocycles. The molecule has 112 valence electrons. The van der Waals surface area contributed by atoms with E-state index in [-0.39, 0.29) is 6.10 Å². The van der Waals surface area contributed by atoms with Crippen molar-refractivity contribution in [3.8, 4) is 0 Å². The van der Waals surface area contributed by atoms with Crippen LogP contribution >= 0.6 is 0 Å².